The highest BCUT2D eigenvalue weighted by Crippen LogP contribution is 2.15. The summed E-state index contributed by atoms with van der Waals surface area (Å²) in [5.74, 6) is -0.224. The van der Waals surface area contributed by atoms with Crippen LogP contribution in [0.15, 0.2) is 78.0 Å². The monoisotopic (exact) mass is 395 g/mol. The number of thioether (sulfide) groups is 1. The summed E-state index contributed by atoms with van der Waals surface area (Å²) in [6, 6.07) is 18.1. The van der Waals surface area contributed by atoms with E-state index in [0.717, 1.165) is 10.7 Å². The van der Waals surface area contributed by atoms with E-state index in [0.29, 0.717) is 23.4 Å². The highest BCUT2D eigenvalue weighted by molar-refractivity contribution is 7.99. The van der Waals surface area contributed by atoms with Gasteiger partial charge in [0.2, 0.25) is 0 Å². The van der Waals surface area contributed by atoms with Crippen molar-refractivity contribution in [2.45, 2.75) is 5.03 Å². The van der Waals surface area contributed by atoms with Crippen molar-refractivity contribution < 1.29 is 14.0 Å². The standard InChI is InChI=1S/C21H18FN3O2S/c22-17-9-6-15(7-10-17)20(26)23-12-13-28-19-11-8-16(14-24-19)21(27)25-18-4-2-1-3-5-18/h1-11,14H,12-13H2,(H,23,26)(H,25,27). The van der Waals surface area contributed by atoms with Crippen LogP contribution in [0.4, 0.5) is 10.1 Å². The molecule has 2 aromatic carbocycles. The lowest BCUT2D eigenvalue weighted by Crippen LogP contribution is -2.25. The molecule has 2 amide bonds. The molecule has 1 heterocycles. The van der Waals surface area contributed by atoms with E-state index in [9.17, 15) is 14.0 Å². The largest absolute Gasteiger partial charge is 0.351 e. The minimum atomic E-state index is -0.376. The lowest BCUT2D eigenvalue weighted by Gasteiger charge is -2.07. The molecule has 2 N–H and O–H groups in total. The molecule has 142 valence electrons. The number of hydrogen-bond donors (Lipinski definition) is 2. The molecule has 0 unspecified atom stereocenters. The van der Waals surface area contributed by atoms with Crippen LogP contribution < -0.4 is 10.6 Å². The van der Waals surface area contributed by atoms with Crippen molar-refractivity contribution in [1.29, 1.82) is 0 Å². The summed E-state index contributed by atoms with van der Waals surface area (Å²) in [5, 5.41) is 6.33. The average Bonchev–Trinajstić information content (AvgIpc) is 2.72. The fourth-order valence-electron chi connectivity index (χ4n) is 2.35. The second-order valence-corrected chi connectivity index (χ2v) is 6.93. The van der Waals surface area contributed by atoms with Gasteiger partial charge in [0.05, 0.1) is 10.6 Å². The molecule has 3 aromatic rings. The Labute approximate surface area is 166 Å². The summed E-state index contributed by atoms with van der Waals surface area (Å²) >= 11 is 1.47. The van der Waals surface area contributed by atoms with Gasteiger partial charge in [-0.2, -0.15) is 0 Å². The molecule has 0 atom stereocenters. The number of carbonyl (C=O) groups is 2. The summed E-state index contributed by atoms with van der Waals surface area (Å²) in [6.07, 6.45) is 1.53. The van der Waals surface area contributed by atoms with Gasteiger partial charge in [-0.3, -0.25) is 9.59 Å². The van der Waals surface area contributed by atoms with Crippen LogP contribution in [0.2, 0.25) is 0 Å². The molecule has 3 rings (SSSR count). The van der Waals surface area contributed by atoms with Crippen molar-refractivity contribution in [2.75, 3.05) is 17.6 Å². The summed E-state index contributed by atoms with van der Waals surface area (Å²) in [4.78, 5) is 28.4. The minimum Gasteiger partial charge on any atom is -0.351 e. The van der Waals surface area contributed by atoms with E-state index in [2.05, 4.69) is 15.6 Å². The Hall–Kier alpha value is -3.19. The zero-order chi connectivity index (χ0) is 19.8. The number of amides is 2. The first-order valence-electron chi connectivity index (χ1n) is 8.61. The maximum absolute atomic E-state index is 12.9. The number of benzene rings is 2. The number of rotatable bonds is 7. The molecule has 0 radical (unpaired) electrons. The van der Waals surface area contributed by atoms with E-state index in [-0.39, 0.29) is 17.6 Å². The van der Waals surface area contributed by atoms with Gasteiger partial charge in [-0.1, -0.05) is 18.2 Å². The molecule has 5 nitrogen and oxygen atoms in total. The van der Waals surface area contributed by atoms with Gasteiger partial charge in [-0.15, -0.1) is 11.8 Å². The molecule has 0 aliphatic heterocycles. The molecule has 0 aliphatic carbocycles. The highest BCUT2D eigenvalue weighted by atomic mass is 32.2. The molecule has 1 aromatic heterocycles. The lowest BCUT2D eigenvalue weighted by atomic mass is 10.2. The number of pyridine rings is 1. The van der Waals surface area contributed by atoms with E-state index in [1.165, 1.54) is 42.2 Å². The number of halogens is 1. The van der Waals surface area contributed by atoms with Crippen molar-refractivity contribution in [3.63, 3.8) is 0 Å². The third-order valence-corrected chi connectivity index (χ3v) is 4.72. The van der Waals surface area contributed by atoms with Gasteiger partial charge >= 0.3 is 0 Å². The Balaban J connectivity index is 1.43. The van der Waals surface area contributed by atoms with Crippen molar-refractivity contribution in [1.82, 2.24) is 10.3 Å². The number of nitrogens with one attached hydrogen (secondary N) is 2. The molecule has 0 spiro atoms. The fraction of sp³-hybridized carbons (Fsp3) is 0.0952. The van der Waals surface area contributed by atoms with Crippen molar-refractivity contribution in [3.05, 3.63) is 89.9 Å². The predicted octanol–water partition coefficient (Wildman–Crippen LogP) is 4.00. The average molecular weight is 395 g/mol. The molecule has 28 heavy (non-hydrogen) atoms. The summed E-state index contributed by atoms with van der Waals surface area (Å²) in [7, 11) is 0. The Morgan fingerprint density at radius 2 is 1.61 bits per heavy atom. The lowest BCUT2D eigenvalue weighted by molar-refractivity contribution is 0.0955. The molecular weight excluding hydrogens is 377 g/mol. The third-order valence-electron chi connectivity index (χ3n) is 3.77. The first kappa shape index (κ1) is 19.6. The van der Waals surface area contributed by atoms with E-state index in [1.807, 2.05) is 30.3 Å². The quantitative estimate of drug-likeness (QED) is 0.469. The number of carbonyl (C=O) groups excluding carboxylic acids is 2. The van der Waals surface area contributed by atoms with Gasteiger partial charge in [0.1, 0.15) is 5.82 Å². The predicted molar refractivity (Wildman–Crippen MR) is 108 cm³/mol. The second-order valence-electron chi connectivity index (χ2n) is 5.82. The minimum absolute atomic E-state index is 0.221. The SMILES string of the molecule is O=C(NCCSc1ccc(C(=O)Nc2ccccc2)cn1)c1ccc(F)cc1. The van der Waals surface area contributed by atoms with Crippen LogP contribution in [0.1, 0.15) is 20.7 Å². The summed E-state index contributed by atoms with van der Waals surface area (Å²) in [6.45, 7) is 0.443. The first-order chi connectivity index (χ1) is 13.6. The van der Waals surface area contributed by atoms with Crippen LogP contribution in [0.3, 0.4) is 0 Å². The molecular formula is C21H18FN3O2S. The normalized spacial score (nSPS) is 10.3. The zero-order valence-corrected chi connectivity index (χ0v) is 15.7. The van der Waals surface area contributed by atoms with Crippen molar-refractivity contribution in [3.8, 4) is 0 Å². The van der Waals surface area contributed by atoms with Crippen LogP contribution in [0, 0.1) is 5.82 Å². The Morgan fingerprint density at radius 3 is 2.29 bits per heavy atom. The van der Waals surface area contributed by atoms with E-state index < -0.39 is 0 Å². The number of aromatic nitrogens is 1. The van der Waals surface area contributed by atoms with Gasteiger partial charge < -0.3 is 10.6 Å². The van der Waals surface area contributed by atoms with Crippen LogP contribution >= 0.6 is 11.8 Å². The molecule has 0 saturated carbocycles. The van der Waals surface area contributed by atoms with Crippen LogP contribution in [0.5, 0.6) is 0 Å². The Bertz CT molecular complexity index is 932. The van der Waals surface area contributed by atoms with Gasteiger partial charge in [0.25, 0.3) is 11.8 Å². The van der Waals surface area contributed by atoms with E-state index >= 15 is 0 Å². The summed E-state index contributed by atoms with van der Waals surface area (Å²) in [5.41, 5.74) is 1.61. The van der Waals surface area contributed by atoms with Crippen LogP contribution in [0.25, 0.3) is 0 Å². The number of nitrogens with zero attached hydrogens (tertiary/aromatic N) is 1. The van der Waals surface area contributed by atoms with Crippen molar-refractivity contribution in [2.24, 2.45) is 0 Å². The van der Waals surface area contributed by atoms with Gasteiger partial charge in [-0.05, 0) is 48.5 Å². The molecule has 0 fully saturated rings. The fourth-order valence-corrected chi connectivity index (χ4v) is 3.05. The van der Waals surface area contributed by atoms with Crippen LogP contribution in [-0.2, 0) is 0 Å². The maximum atomic E-state index is 12.9. The Morgan fingerprint density at radius 1 is 0.893 bits per heavy atom. The van der Waals surface area contributed by atoms with Crippen LogP contribution in [-0.4, -0.2) is 29.1 Å². The first-order valence-corrected chi connectivity index (χ1v) is 9.59. The van der Waals surface area contributed by atoms with E-state index in [4.69, 9.17) is 0 Å². The van der Waals surface area contributed by atoms with Gasteiger partial charge in [0.15, 0.2) is 0 Å². The Kier molecular flexibility index (Phi) is 6.75. The number of para-hydroxylation sites is 1. The van der Waals surface area contributed by atoms with Gasteiger partial charge in [-0.25, -0.2) is 9.37 Å². The maximum Gasteiger partial charge on any atom is 0.257 e. The van der Waals surface area contributed by atoms with Gasteiger partial charge in [0, 0.05) is 29.7 Å². The topological polar surface area (TPSA) is 71.1 Å². The molecule has 0 bridgehead atoms. The van der Waals surface area contributed by atoms with E-state index in [1.54, 1.807) is 12.1 Å². The second kappa shape index (κ2) is 9.66. The molecule has 7 heteroatoms. The smallest absolute Gasteiger partial charge is 0.257 e. The van der Waals surface area contributed by atoms with Crippen molar-refractivity contribution >= 4 is 29.3 Å². The number of anilines is 1. The third kappa shape index (κ3) is 5.65. The number of hydrogen-bond acceptors (Lipinski definition) is 4. The zero-order valence-electron chi connectivity index (χ0n) is 14.9. The molecule has 0 saturated heterocycles. The summed E-state index contributed by atoms with van der Waals surface area (Å²) < 4.78 is 12.9. The highest BCUT2D eigenvalue weighted by Gasteiger charge is 2.08. The molecule has 0 aliphatic rings.